The molecule has 0 aliphatic carbocycles. The number of imidazole rings is 1. The minimum absolute atomic E-state index is 0.0165. The van der Waals surface area contributed by atoms with Gasteiger partial charge in [-0.3, -0.25) is 9.20 Å². The van der Waals surface area contributed by atoms with E-state index in [0.29, 0.717) is 17.1 Å². The Labute approximate surface area is 184 Å². The summed E-state index contributed by atoms with van der Waals surface area (Å²) >= 11 is 0. The third-order valence-electron chi connectivity index (χ3n) is 4.85. The highest BCUT2D eigenvalue weighted by Gasteiger charge is 2.24. The molecule has 10 heteroatoms. The molecule has 4 rings (SSSR count). The Hall–Kier alpha value is -3.92. The van der Waals surface area contributed by atoms with Crippen LogP contribution in [0.1, 0.15) is 15.9 Å². The van der Waals surface area contributed by atoms with Gasteiger partial charge in [-0.1, -0.05) is 18.2 Å². The summed E-state index contributed by atoms with van der Waals surface area (Å²) in [6.07, 6.45) is 6.40. The van der Waals surface area contributed by atoms with E-state index in [1.54, 1.807) is 47.3 Å². The van der Waals surface area contributed by atoms with E-state index in [1.165, 1.54) is 38.6 Å². The first-order valence-corrected chi connectivity index (χ1v) is 11.0. The van der Waals surface area contributed by atoms with Gasteiger partial charge in [-0.15, -0.1) is 0 Å². The molecule has 0 saturated heterocycles. The molecule has 0 radical (unpaired) electrons. The highest BCUT2D eigenvalue weighted by molar-refractivity contribution is 7.91. The van der Waals surface area contributed by atoms with E-state index in [1.807, 2.05) is 0 Å². The lowest BCUT2D eigenvalue weighted by Gasteiger charge is -2.13. The average molecular weight is 452 g/mol. The van der Waals surface area contributed by atoms with Crippen LogP contribution in [0.3, 0.4) is 0 Å². The molecular formula is C22H20N4O5S. The van der Waals surface area contributed by atoms with Crippen molar-refractivity contribution >= 4 is 21.5 Å². The lowest BCUT2D eigenvalue weighted by Crippen LogP contribution is -2.23. The van der Waals surface area contributed by atoms with Crippen molar-refractivity contribution in [1.29, 1.82) is 0 Å². The van der Waals surface area contributed by atoms with Crippen LogP contribution in [0, 0.1) is 0 Å². The largest absolute Gasteiger partial charge is 0.493 e. The van der Waals surface area contributed by atoms with Gasteiger partial charge in [0.15, 0.2) is 11.5 Å². The summed E-state index contributed by atoms with van der Waals surface area (Å²) in [6, 6.07) is 11.0. The molecule has 0 unspecified atom stereocenters. The van der Waals surface area contributed by atoms with Crippen LogP contribution in [0.5, 0.6) is 11.5 Å². The zero-order valence-electron chi connectivity index (χ0n) is 17.3. The van der Waals surface area contributed by atoms with Crippen LogP contribution in [0.15, 0.2) is 77.0 Å². The Bertz CT molecular complexity index is 1380. The van der Waals surface area contributed by atoms with E-state index in [2.05, 4.69) is 15.3 Å². The fourth-order valence-electron chi connectivity index (χ4n) is 3.20. The van der Waals surface area contributed by atoms with Crippen LogP contribution in [0.25, 0.3) is 5.78 Å². The van der Waals surface area contributed by atoms with Crippen molar-refractivity contribution in [2.24, 2.45) is 0 Å². The molecule has 2 aromatic heterocycles. The highest BCUT2D eigenvalue weighted by atomic mass is 32.2. The first kappa shape index (κ1) is 21.3. The second kappa shape index (κ2) is 8.67. The summed E-state index contributed by atoms with van der Waals surface area (Å²) in [7, 11) is -0.993. The van der Waals surface area contributed by atoms with Gasteiger partial charge in [0, 0.05) is 31.3 Å². The number of amides is 1. The van der Waals surface area contributed by atoms with E-state index in [-0.39, 0.29) is 28.0 Å². The predicted octanol–water partition coefficient (Wildman–Crippen LogP) is 2.51. The van der Waals surface area contributed by atoms with Crippen molar-refractivity contribution < 1.29 is 22.7 Å². The SMILES string of the molecule is COc1cccc(S(=O)(=O)c2ccc(CNC(=O)c3cnc4nccn4c3)cc2)c1OC. The van der Waals surface area contributed by atoms with E-state index in [0.717, 1.165) is 5.56 Å². The molecule has 2 aromatic carbocycles. The fourth-order valence-corrected chi connectivity index (χ4v) is 4.63. The number of hydrogen-bond donors (Lipinski definition) is 1. The molecule has 0 bridgehead atoms. The van der Waals surface area contributed by atoms with Crippen molar-refractivity contribution in [2.45, 2.75) is 16.3 Å². The lowest BCUT2D eigenvalue weighted by atomic mass is 10.2. The van der Waals surface area contributed by atoms with Crippen molar-refractivity contribution in [3.63, 3.8) is 0 Å². The average Bonchev–Trinajstić information content (AvgIpc) is 3.30. The number of sulfone groups is 1. The number of nitrogens with one attached hydrogen (secondary N) is 1. The minimum atomic E-state index is -3.83. The second-order valence-corrected chi connectivity index (χ2v) is 8.72. The first-order chi connectivity index (χ1) is 15.4. The summed E-state index contributed by atoms with van der Waals surface area (Å²) in [5.74, 6) is 0.683. The monoisotopic (exact) mass is 452 g/mol. The molecule has 0 atom stereocenters. The molecule has 1 N–H and O–H groups in total. The number of carbonyl (C=O) groups excluding carboxylic acids is 1. The number of fused-ring (bicyclic) bond motifs is 1. The van der Waals surface area contributed by atoms with E-state index >= 15 is 0 Å². The quantitative estimate of drug-likeness (QED) is 0.458. The molecule has 4 aromatic rings. The van der Waals surface area contributed by atoms with Crippen LogP contribution in [0.4, 0.5) is 0 Å². The molecule has 0 aliphatic heterocycles. The molecule has 0 spiro atoms. The summed E-state index contributed by atoms with van der Waals surface area (Å²) in [5, 5.41) is 2.80. The Morgan fingerprint density at radius 1 is 1.06 bits per heavy atom. The van der Waals surface area contributed by atoms with E-state index in [9.17, 15) is 13.2 Å². The van der Waals surface area contributed by atoms with Gasteiger partial charge < -0.3 is 14.8 Å². The molecule has 2 heterocycles. The summed E-state index contributed by atoms with van der Waals surface area (Å²) < 4.78 is 38.3. The molecule has 0 aliphatic rings. The van der Waals surface area contributed by atoms with Gasteiger partial charge in [-0.05, 0) is 29.8 Å². The lowest BCUT2D eigenvalue weighted by molar-refractivity contribution is 0.0950. The van der Waals surface area contributed by atoms with Gasteiger partial charge in [-0.2, -0.15) is 0 Å². The molecular weight excluding hydrogens is 432 g/mol. The smallest absolute Gasteiger partial charge is 0.254 e. The standard InChI is InChI=1S/C22H20N4O5S/c1-30-18-4-3-5-19(20(18)31-2)32(28,29)17-8-6-15(7-9-17)12-24-21(27)16-13-25-22-23-10-11-26(22)14-16/h3-11,13-14H,12H2,1-2H3,(H,24,27). The number of hydrogen-bond acceptors (Lipinski definition) is 7. The number of carbonyl (C=O) groups is 1. The number of rotatable bonds is 7. The Kier molecular flexibility index (Phi) is 5.78. The topological polar surface area (TPSA) is 112 Å². The van der Waals surface area contributed by atoms with Gasteiger partial charge >= 0.3 is 0 Å². The number of nitrogens with zero attached hydrogens (tertiary/aromatic N) is 3. The number of ether oxygens (including phenoxy) is 2. The summed E-state index contributed by atoms with van der Waals surface area (Å²) in [6.45, 7) is 0.226. The maximum absolute atomic E-state index is 13.1. The number of benzene rings is 2. The maximum Gasteiger partial charge on any atom is 0.254 e. The molecule has 1 amide bonds. The van der Waals surface area contributed by atoms with Crippen LogP contribution in [0.2, 0.25) is 0 Å². The van der Waals surface area contributed by atoms with Gasteiger partial charge in [0.2, 0.25) is 15.6 Å². The van der Waals surface area contributed by atoms with Crippen LogP contribution in [-0.4, -0.2) is 42.9 Å². The first-order valence-electron chi connectivity index (χ1n) is 9.56. The van der Waals surface area contributed by atoms with Crippen molar-refractivity contribution in [2.75, 3.05) is 14.2 Å². The van der Waals surface area contributed by atoms with Gasteiger partial charge in [0.1, 0.15) is 4.90 Å². The normalized spacial score (nSPS) is 11.3. The molecule has 0 saturated carbocycles. The molecule has 32 heavy (non-hydrogen) atoms. The summed E-state index contributed by atoms with van der Waals surface area (Å²) in [5.41, 5.74) is 1.13. The zero-order valence-corrected chi connectivity index (χ0v) is 18.2. The molecule has 9 nitrogen and oxygen atoms in total. The van der Waals surface area contributed by atoms with Crippen molar-refractivity contribution in [3.8, 4) is 11.5 Å². The highest BCUT2D eigenvalue weighted by Crippen LogP contribution is 2.36. The van der Waals surface area contributed by atoms with Crippen LogP contribution in [-0.2, 0) is 16.4 Å². The van der Waals surface area contributed by atoms with Crippen LogP contribution < -0.4 is 14.8 Å². The van der Waals surface area contributed by atoms with Crippen molar-refractivity contribution in [1.82, 2.24) is 19.7 Å². The maximum atomic E-state index is 13.1. The summed E-state index contributed by atoms with van der Waals surface area (Å²) in [4.78, 5) is 20.7. The van der Waals surface area contributed by atoms with Gasteiger partial charge in [0.05, 0.1) is 24.7 Å². The zero-order chi connectivity index (χ0) is 22.7. The van der Waals surface area contributed by atoms with Gasteiger partial charge in [-0.25, -0.2) is 18.4 Å². The number of para-hydroxylation sites is 1. The minimum Gasteiger partial charge on any atom is -0.493 e. The van der Waals surface area contributed by atoms with E-state index in [4.69, 9.17) is 9.47 Å². The molecule has 164 valence electrons. The number of methoxy groups -OCH3 is 2. The molecule has 0 fully saturated rings. The second-order valence-electron chi connectivity index (χ2n) is 6.80. The Balaban J connectivity index is 1.50. The predicted molar refractivity (Wildman–Crippen MR) is 116 cm³/mol. The van der Waals surface area contributed by atoms with Gasteiger partial charge in [0.25, 0.3) is 5.91 Å². The fraction of sp³-hybridized carbons (Fsp3) is 0.136. The number of aromatic nitrogens is 3. The Morgan fingerprint density at radius 3 is 2.56 bits per heavy atom. The van der Waals surface area contributed by atoms with E-state index < -0.39 is 9.84 Å². The third kappa shape index (κ3) is 4.00. The van der Waals surface area contributed by atoms with Crippen LogP contribution >= 0.6 is 0 Å². The Morgan fingerprint density at radius 2 is 1.84 bits per heavy atom. The van der Waals surface area contributed by atoms with Crippen molar-refractivity contribution in [3.05, 3.63) is 78.4 Å². The third-order valence-corrected chi connectivity index (χ3v) is 6.64.